The lowest BCUT2D eigenvalue weighted by Crippen LogP contribution is -2.10. The summed E-state index contributed by atoms with van der Waals surface area (Å²) < 4.78 is 7.35. The second-order valence-corrected chi connectivity index (χ2v) is 4.59. The fraction of sp³-hybridized carbons (Fsp3) is 0.400. The van der Waals surface area contributed by atoms with Gasteiger partial charge in [0, 0.05) is 13.2 Å². The van der Waals surface area contributed by atoms with Gasteiger partial charge in [0.2, 0.25) is 0 Å². The van der Waals surface area contributed by atoms with E-state index in [0.29, 0.717) is 18.7 Å². The molecule has 0 spiro atoms. The van der Waals surface area contributed by atoms with Crippen LogP contribution in [0, 0.1) is 11.3 Å². The van der Waals surface area contributed by atoms with E-state index in [9.17, 15) is 0 Å². The third-order valence-electron chi connectivity index (χ3n) is 3.15. The van der Waals surface area contributed by atoms with Gasteiger partial charge in [-0.25, -0.2) is 4.68 Å². The molecule has 0 aliphatic heterocycles. The fourth-order valence-corrected chi connectivity index (χ4v) is 1.97. The van der Waals surface area contributed by atoms with Gasteiger partial charge in [-0.2, -0.15) is 5.26 Å². The van der Waals surface area contributed by atoms with Crippen LogP contribution in [-0.4, -0.2) is 26.7 Å². The number of hydrogen-bond donors (Lipinski definition) is 1. The molecule has 1 aromatic heterocycles. The molecular formula is C15H18N4O2. The minimum atomic E-state index is 0.0700. The summed E-state index contributed by atoms with van der Waals surface area (Å²) in [5.74, 6) is 0.758. The average Bonchev–Trinajstić information content (AvgIpc) is 2.93. The third-order valence-corrected chi connectivity index (χ3v) is 3.15. The minimum absolute atomic E-state index is 0.0700. The molecule has 1 N–H and O–H groups in total. The Labute approximate surface area is 123 Å². The SMILES string of the molecule is CCc1cccc(OCc2c(C#N)nnn2CCCO)c1. The summed E-state index contributed by atoms with van der Waals surface area (Å²) in [4.78, 5) is 0. The van der Waals surface area contributed by atoms with Gasteiger partial charge in [0.25, 0.3) is 0 Å². The van der Waals surface area contributed by atoms with Crippen LogP contribution in [0.15, 0.2) is 24.3 Å². The molecule has 0 bridgehead atoms. The number of benzene rings is 1. The van der Waals surface area contributed by atoms with Crippen molar-refractivity contribution in [2.24, 2.45) is 0 Å². The summed E-state index contributed by atoms with van der Waals surface area (Å²) in [5, 5.41) is 25.7. The Morgan fingerprint density at radius 2 is 2.29 bits per heavy atom. The van der Waals surface area contributed by atoms with Gasteiger partial charge >= 0.3 is 0 Å². The van der Waals surface area contributed by atoms with Crippen molar-refractivity contribution in [3.05, 3.63) is 41.2 Å². The first kappa shape index (κ1) is 15.0. The molecule has 0 saturated carbocycles. The quantitative estimate of drug-likeness (QED) is 0.837. The number of hydrogen-bond acceptors (Lipinski definition) is 5. The number of nitriles is 1. The van der Waals surface area contributed by atoms with E-state index >= 15 is 0 Å². The van der Waals surface area contributed by atoms with Gasteiger partial charge in [0.05, 0.1) is 0 Å². The molecule has 6 nitrogen and oxygen atoms in total. The largest absolute Gasteiger partial charge is 0.487 e. The smallest absolute Gasteiger partial charge is 0.189 e. The number of aromatic nitrogens is 3. The molecule has 2 aromatic rings. The van der Waals surface area contributed by atoms with Crippen molar-refractivity contribution < 1.29 is 9.84 Å². The van der Waals surface area contributed by atoms with Crippen molar-refractivity contribution in [1.29, 1.82) is 5.26 Å². The Morgan fingerprint density at radius 1 is 1.43 bits per heavy atom. The molecule has 0 saturated heterocycles. The maximum absolute atomic E-state index is 9.07. The lowest BCUT2D eigenvalue weighted by atomic mass is 10.2. The highest BCUT2D eigenvalue weighted by atomic mass is 16.5. The molecule has 1 aromatic carbocycles. The van der Waals surface area contributed by atoms with Gasteiger partial charge in [0.15, 0.2) is 5.69 Å². The summed E-state index contributed by atoms with van der Waals surface area (Å²) in [7, 11) is 0. The second kappa shape index (κ2) is 7.41. The van der Waals surface area contributed by atoms with E-state index < -0.39 is 0 Å². The van der Waals surface area contributed by atoms with Crippen molar-refractivity contribution in [2.75, 3.05) is 6.61 Å². The van der Waals surface area contributed by atoms with Gasteiger partial charge in [-0.3, -0.25) is 0 Å². The molecule has 1 heterocycles. The Kier molecular flexibility index (Phi) is 5.29. The van der Waals surface area contributed by atoms with E-state index in [1.54, 1.807) is 4.68 Å². The topological polar surface area (TPSA) is 84.0 Å². The van der Waals surface area contributed by atoms with Crippen molar-refractivity contribution in [2.45, 2.75) is 32.9 Å². The fourth-order valence-electron chi connectivity index (χ4n) is 1.97. The predicted molar refractivity (Wildman–Crippen MR) is 76.6 cm³/mol. The van der Waals surface area contributed by atoms with Crippen LogP contribution in [-0.2, 0) is 19.6 Å². The zero-order valence-corrected chi connectivity index (χ0v) is 12.0. The maximum Gasteiger partial charge on any atom is 0.189 e. The van der Waals surface area contributed by atoms with E-state index in [-0.39, 0.29) is 18.9 Å². The van der Waals surface area contributed by atoms with Gasteiger partial charge in [-0.15, -0.1) is 5.10 Å². The van der Waals surface area contributed by atoms with Crippen molar-refractivity contribution in [1.82, 2.24) is 15.0 Å². The molecule has 110 valence electrons. The van der Waals surface area contributed by atoms with E-state index in [1.165, 1.54) is 5.56 Å². The number of aryl methyl sites for hydroxylation is 2. The summed E-state index contributed by atoms with van der Waals surface area (Å²) in [6.07, 6.45) is 1.50. The lowest BCUT2D eigenvalue weighted by Gasteiger charge is -2.09. The molecular weight excluding hydrogens is 268 g/mol. The first-order valence-corrected chi connectivity index (χ1v) is 6.93. The van der Waals surface area contributed by atoms with Crippen LogP contribution in [0.2, 0.25) is 0 Å². The van der Waals surface area contributed by atoms with Crippen LogP contribution in [0.4, 0.5) is 0 Å². The Morgan fingerprint density at radius 3 is 3.00 bits per heavy atom. The Balaban J connectivity index is 2.11. The van der Waals surface area contributed by atoms with Crippen LogP contribution < -0.4 is 4.74 Å². The Bertz CT molecular complexity index is 631. The molecule has 0 fully saturated rings. The summed E-state index contributed by atoms with van der Waals surface area (Å²) in [5.41, 5.74) is 2.09. The average molecular weight is 286 g/mol. The third kappa shape index (κ3) is 3.80. The van der Waals surface area contributed by atoms with E-state index in [0.717, 1.165) is 12.2 Å². The highest BCUT2D eigenvalue weighted by Crippen LogP contribution is 2.16. The monoisotopic (exact) mass is 286 g/mol. The highest BCUT2D eigenvalue weighted by molar-refractivity contribution is 5.29. The van der Waals surface area contributed by atoms with Crippen LogP contribution in [0.3, 0.4) is 0 Å². The van der Waals surface area contributed by atoms with Gasteiger partial charge in [0.1, 0.15) is 24.1 Å². The summed E-state index contributed by atoms with van der Waals surface area (Å²) >= 11 is 0. The first-order chi connectivity index (χ1) is 10.3. The summed E-state index contributed by atoms with van der Waals surface area (Å²) in [6, 6.07) is 9.86. The molecule has 0 amide bonds. The van der Waals surface area contributed by atoms with Crippen LogP contribution in [0.5, 0.6) is 5.75 Å². The predicted octanol–water partition coefficient (Wildman–Crippen LogP) is 1.67. The number of rotatable bonds is 7. The number of aliphatic hydroxyl groups excluding tert-OH is 1. The maximum atomic E-state index is 9.07. The molecule has 6 heteroatoms. The van der Waals surface area contributed by atoms with E-state index in [1.807, 2.05) is 30.3 Å². The Hall–Kier alpha value is -2.39. The second-order valence-electron chi connectivity index (χ2n) is 4.59. The highest BCUT2D eigenvalue weighted by Gasteiger charge is 2.13. The molecule has 0 aliphatic carbocycles. The normalized spacial score (nSPS) is 10.3. The van der Waals surface area contributed by atoms with Gasteiger partial charge in [-0.1, -0.05) is 24.3 Å². The zero-order chi connectivity index (χ0) is 15.1. The standard InChI is InChI=1S/C15H18N4O2/c1-2-12-5-3-6-13(9-12)21-11-15-14(10-16)17-18-19(15)7-4-8-20/h3,5-6,9,20H,2,4,7-8,11H2,1H3. The van der Waals surface area contributed by atoms with Crippen molar-refractivity contribution >= 4 is 0 Å². The lowest BCUT2D eigenvalue weighted by molar-refractivity contribution is 0.265. The van der Waals surface area contributed by atoms with E-state index in [2.05, 4.69) is 17.2 Å². The number of ether oxygens (including phenoxy) is 1. The van der Waals surface area contributed by atoms with Gasteiger partial charge < -0.3 is 9.84 Å². The molecule has 0 radical (unpaired) electrons. The molecule has 0 unspecified atom stereocenters. The number of aliphatic hydroxyl groups is 1. The van der Waals surface area contributed by atoms with Crippen molar-refractivity contribution in [3.8, 4) is 11.8 Å². The van der Waals surface area contributed by atoms with Gasteiger partial charge in [-0.05, 0) is 30.5 Å². The van der Waals surface area contributed by atoms with Crippen LogP contribution in [0.25, 0.3) is 0 Å². The first-order valence-electron chi connectivity index (χ1n) is 6.93. The molecule has 0 atom stereocenters. The molecule has 21 heavy (non-hydrogen) atoms. The zero-order valence-electron chi connectivity index (χ0n) is 12.0. The minimum Gasteiger partial charge on any atom is -0.487 e. The van der Waals surface area contributed by atoms with E-state index in [4.69, 9.17) is 15.1 Å². The molecule has 0 aliphatic rings. The molecule has 2 rings (SSSR count). The van der Waals surface area contributed by atoms with Crippen LogP contribution in [0.1, 0.15) is 30.3 Å². The van der Waals surface area contributed by atoms with Crippen LogP contribution >= 0.6 is 0 Å². The summed E-state index contributed by atoms with van der Waals surface area (Å²) in [6.45, 7) is 2.90. The number of nitrogens with zero attached hydrogens (tertiary/aromatic N) is 4. The van der Waals surface area contributed by atoms with Crippen molar-refractivity contribution in [3.63, 3.8) is 0 Å².